The molecule has 2 aliphatic rings. The highest BCUT2D eigenvalue weighted by Crippen LogP contribution is 2.65. The van der Waals surface area contributed by atoms with Crippen molar-refractivity contribution in [2.75, 3.05) is 4.90 Å². The van der Waals surface area contributed by atoms with Crippen LogP contribution in [-0.2, 0) is 5.41 Å². The van der Waals surface area contributed by atoms with Crippen molar-refractivity contribution in [3.05, 3.63) is 198 Å². The van der Waals surface area contributed by atoms with Gasteiger partial charge in [0, 0.05) is 33.2 Å². The summed E-state index contributed by atoms with van der Waals surface area (Å²) in [6.07, 6.45) is 0. The Balaban J connectivity index is 1.36. The van der Waals surface area contributed by atoms with E-state index in [4.69, 9.17) is 4.74 Å². The molecule has 0 N–H and O–H groups in total. The Labute approximate surface area is 280 Å². The Morgan fingerprint density at radius 1 is 0.438 bits per heavy atom. The molecule has 0 saturated carbocycles. The molecule has 0 saturated heterocycles. The summed E-state index contributed by atoms with van der Waals surface area (Å²) in [6, 6.07) is 61.7. The lowest BCUT2D eigenvalue weighted by molar-refractivity contribution is 0.441. The van der Waals surface area contributed by atoms with Gasteiger partial charge in [0.15, 0.2) is 0 Å². The van der Waals surface area contributed by atoms with Gasteiger partial charge in [0.2, 0.25) is 0 Å². The summed E-state index contributed by atoms with van der Waals surface area (Å²) in [6.45, 7) is 2.21. The van der Waals surface area contributed by atoms with Crippen LogP contribution in [-0.4, -0.2) is 0 Å². The molecule has 8 aromatic rings. The van der Waals surface area contributed by atoms with Crippen molar-refractivity contribution in [3.63, 3.8) is 0 Å². The smallest absolute Gasteiger partial charge is 0.140 e. The summed E-state index contributed by atoms with van der Waals surface area (Å²) in [5.41, 5.74) is 11.5. The molecule has 1 unspecified atom stereocenters. The molecular formula is C46H31NO. The first-order valence-corrected chi connectivity index (χ1v) is 16.6. The highest BCUT2D eigenvalue weighted by molar-refractivity contribution is 6.04. The summed E-state index contributed by atoms with van der Waals surface area (Å²) < 4.78 is 6.88. The maximum Gasteiger partial charge on any atom is 0.140 e. The van der Waals surface area contributed by atoms with E-state index >= 15 is 0 Å². The number of nitrogens with zero attached hydrogens (tertiary/aromatic N) is 1. The van der Waals surface area contributed by atoms with E-state index in [-0.39, 0.29) is 0 Å². The van der Waals surface area contributed by atoms with Crippen LogP contribution in [0, 0.1) is 6.92 Å². The van der Waals surface area contributed by atoms with E-state index in [1.807, 2.05) is 0 Å². The summed E-state index contributed by atoms with van der Waals surface area (Å²) in [7, 11) is 0. The van der Waals surface area contributed by atoms with E-state index in [9.17, 15) is 0 Å². The molecule has 1 spiro atoms. The van der Waals surface area contributed by atoms with Gasteiger partial charge in [-0.1, -0.05) is 146 Å². The Kier molecular flexibility index (Phi) is 5.74. The molecule has 1 aliphatic heterocycles. The Hall–Kier alpha value is -6.12. The minimum atomic E-state index is -0.563. The second-order valence-corrected chi connectivity index (χ2v) is 12.9. The fraction of sp³-hybridized carbons (Fsp3) is 0.0435. The molecular weight excluding hydrogens is 583 g/mol. The average Bonchev–Trinajstić information content (AvgIpc) is 3.44. The summed E-state index contributed by atoms with van der Waals surface area (Å²) in [5, 5.41) is 4.74. The molecule has 0 aromatic heterocycles. The minimum absolute atomic E-state index is 0.563. The van der Waals surface area contributed by atoms with Crippen LogP contribution in [0.2, 0.25) is 0 Å². The molecule has 0 amide bonds. The topological polar surface area (TPSA) is 12.5 Å². The maximum absolute atomic E-state index is 6.88. The first kappa shape index (κ1) is 27.0. The van der Waals surface area contributed by atoms with Crippen LogP contribution in [0.1, 0.15) is 27.8 Å². The highest BCUT2D eigenvalue weighted by atomic mass is 16.5. The molecule has 1 aliphatic carbocycles. The van der Waals surface area contributed by atoms with Gasteiger partial charge >= 0.3 is 0 Å². The maximum atomic E-state index is 6.88. The van der Waals surface area contributed by atoms with Crippen molar-refractivity contribution in [1.29, 1.82) is 0 Å². The zero-order valence-electron chi connectivity index (χ0n) is 26.5. The normalized spacial score (nSPS) is 15.4. The zero-order chi connectivity index (χ0) is 31.8. The fourth-order valence-corrected chi connectivity index (χ4v) is 8.45. The number of hydrogen-bond donors (Lipinski definition) is 0. The molecule has 10 rings (SSSR count). The van der Waals surface area contributed by atoms with Crippen LogP contribution in [0.3, 0.4) is 0 Å². The van der Waals surface area contributed by atoms with Crippen LogP contribution in [0.25, 0.3) is 32.7 Å². The third-order valence-corrected chi connectivity index (χ3v) is 10.4. The van der Waals surface area contributed by atoms with Gasteiger partial charge in [-0.05, 0) is 64.2 Å². The number of anilines is 3. The van der Waals surface area contributed by atoms with E-state index in [1.165, 1.54) is 60.8 Å². The Bertz CT molecular complexity index is 2580. The lowest BCUT2D eigenvalue weighted by Crippen LogP contribution is -2.32. The van der Waals surface area contributed by atoms with E-state index in [1.54, 1.807) is 0 Å². The van der Waals surface area contributed by atoms with Crippen LogP contribution in [0.5, 0.6) is 11.5 Å². The van der Waals surface area contributed by atoms with Crippen molar-refractivity contribution in [2.24, 2.45) is 0 Å². The van der Waals surface area contributed by atoms with Gasteiger partial charge in [0.05, 0.1) is 16.8 Å². The molecule has 48 heavy (non-hydrogen) atoms. The molecule has 226 valence electrons. The monoisotopic (exact) mass is 613 g/mol. The Morgan fingerprint density at radius 3 is 1.92 bits per heavy atom. The van der Waals surface area contributed by atoms with Gasteiger partial charge in [0.25, 0.3) is 0 Å². The molecule has 0 bridgehead atoms. The van der Waals surface area contributed by atoms with Crippen molar-refractivity contribution >= 4 is 38.6 Å². The van der Waals surface area contributed by atoms with Crippen molar-refractivity contribution in [1.82, 2.24) is 0 Å². The summed E-state index contributed by atoms with van der Waals surface area (Å²) in [4.78, 5) is 2.48. The van der Waals surface area contributed by atoms with Gasteiger partial charge in [0.1, 0.15) is 11.5 Å². The van der Waals surface area contributed by atoms with Crippen LogP contribution < -0.4 is 9.64 Å². The molecule has 0 fully saturated rings. The largest absolute Gasteiger partial charge is 0.456 e. The number of fused-ring (bicyclic) bond motifs is 12. The van der Waals surface area contributed by atoms with Gasteiger partial charge in [-0.25, -0.2) is 0 Å². The van der Waals surface area contributed by atoms with Gasteiger partial charge in [-0.2, -0.15) is 0 Å². The predicted molar refractivity (Wildman–Crippen MR) is 198 cm³/mol. The predicted octanol–water partition coefficient (Wildman–Crippen LogP) is 12.2. The van der Waals surface area contributed by atoms with Gasteiger partial charge < -0.3 is 9.64 Å². The number of rotatable bonds is 3. The SMILES string of the molecule is Cc1ccccc1N(c1cccc2c1-c1ccccc1C21c2ccccc2Oc2c1ccc1ccccc21)c1cccc2ccccc12. The number of aryl methyl sites for hydroxylation is 1. The first-order valence-electron chi connectivity index (χ1n) is 16.6. The Morgan fingerprint density at radius 2 is 1.04 bits per heavy atom. The highest BCUT2D eigenvalue weighted by Gasteiger charge is 2.52. The second kappa shape index (κ2) is 10.2. The number of ether oxygens (including phenoxy) is 1. The number of benzene rings is 8. The van der Waals surface area contributed by atoms with Crippen molar-refractivity contribution < 1.29 is 4.74 Å². The third-order valence-electron chi connectivity index (χ3n) is 10.4. The summed E-state index contributed by atoms with van der Waals surface area (Å²) in [5.74, 6) is 1.84. The molecule has 2 nitrogen and oxygen atoms in total. The van der Waals surface area contributed by atoms with Crippen molar-refractivity contribution in [2.45, 2.75) is 12.3 Å². The lowest BCUT2D eigenvalue weighted by Gasteiger charge is -2.40. The minimum Gasteiger partial charge on any atom is -0.456 e. The zero-order valence-corrected chi connectivity index (χ0v) is 26.5. The van der Waals surface area contributed by atoms with Crippen LogP contribution in [0.4, 0.5) is 17.1 Å². The lowest BCUT2D eigenvalue weighted by atomic mass is 9.65. The van der Waals surface area contributed by atoms with Gasteiger partial charge in [-0.15, -0.1) is 0 Å². The third kappa shape index (κ3) is 3.57. The molecule has 1 heterocycles. The standard InChI is InChI=1S/C46H31NO/c1-30-14-2-10-24-40(30)47(41-25-12-17-31-15-3-5-18-33(31)41)42-26-13-23-38-44(42)35-20-7-8-21-36(35)46(38)37-22-9-11-27-43(37)48-45-34-19-6-4-16-32(34)28-29-39(45)46/h2-29H,1H3. The molecule has 0 radical (unpaired) electrons. The molecule has 8 aromatic carbocycles. The van der Waals surface area contributed by atoms with Gasteiger partial charge in [-0.3, -0.25) is 0 Å². The number of para-hydroxylation sites is 2. The molecule has 1 atom stereocenters. The van der Waals surface area contributed by atoms with Crippen LogP contribution in [0.15, 0.2) is 170 Å². The second-order valence-electron chi connectivity index (χ2n) is 12.9. The van der Waals surface area contributed by atoms with E-state index in [0.29, 0.717) is 0 Å². The molecule has 2 heteroatoms. The summed E-state index contributed by atoms with van der Waals surface area (Å²) >= 11 is 0. The van der Waals surface area contributed by atoms with Crippen molar-refractivity contribution in [3.8, 4) is 22.6 Å². The number of hydrogen-bond acceptors (Lipinski definition) is 2. The average molecular weight is 614 g/mol. The first-order chi connectivity index (χ1) is 23.7. The quantitative estimate of drug-likeness (QED) is 0.197. The fourth-order valence-electron chi connectivity index (χ4n) is 8.45. The van der Waals surface area contributed by atoms with Crippen LogP contribution >= 0.6 is 0 Å². The van der Waals surface area contributed by atoms with E-state index < -0.39 is 5.41 Å². The van der Waals surface area contributed by atoms with E-state index in [0.717, 1.165) is 28.3 Å². The van der Waals surface area contributed by atoms with E-state index in [2.05, 4.69) is 182 Å².